The van der Waals surface area contributed by atoms with E-state index in [2.05, 4.69) is 10.9 Å². The summed E-state index contributed by atoms with van der Waals surface area (Å²) in [5.41, 5.74) is 5.37. The highest BCUT2D eigenvalue weighted by Crippen LogP contribution is 2.24. The summed E-state index contributed by atoms with van der Waals surface area (Å²) in [6.07, 6.45) is 2.89. The lowest BCUT2D eigenvalue weighted by Gasteiger charge is -2.06. The van der Waals surface area contributed by atoms with Crippen molar-refractivity contribution in [3.8, 4) is 11.5 Å². The average Bonchev–Trinajstić information content (AvgIpc) is 2.54. The molecule has 0 aromatic heterocycles. The van der Waals surface area contributed by atoms with Gasteiger partial charge in [0.15, 0.2) is 11.5 Å². The largest absolute Gasteiger partial charge is 0.504 e. The van der Waals surface area contributed by atoms with Crippen LogP contribution < -0.4 is 10.9 Å². The molecule has 0 heterocycles. The van der Waals surface area contributed by atoms with E-state index in [4.69, 9.17) is 5.11 Å². The Morgan fingerprint density at radius 3 is 2.32 bits per heavy atom. The molecular weight excluding hydrogens is 284 g/mol. The fourth-order valence-electron chi connectivity index (χ4n) is 1.63. The van der Waals surface area contributed by atoms with Gasteiger partial charge in [0.25, 0.3) is 11.8 Å². The maximum Gasteiger partial charge on any atom is 0.269 e. The number of amides is 2. The Hall–Kier alpha value is -3.28. The third kappa shape index (κ3) is 4.11. The van der Waals surface area contributed by atoms with Crippen LogP contribution in [0.25, 0.3) is 6.08 Å². The summed E-state index contributed by atoms with van der Waals surface area (Å²) in [4.78, 5) is 23.3. The van der Waals surface area contributed by atoms with Crippen LogP contribution in [0, 0.1) is 0 Å². The van der Waals surface area contributed by atoms with Crippen LogP contribution in [-0.2, 0) is 4.79 Å². The molecule has 0 bridgehead atoms. The van der Waals surface area contributed by atoms with Crippen molar-refractivity contribution in [3.05, 3.63) is 65.7 Å². The number of carbonyl (C=O) groups excluding carboxylic acids is 2. The number of phenols is 2. The molecule has 4 N–H and O–H groups in total. The van der Waals surface area contributed by atoms with Crippen LogP contribution in [-0.4, -0.2) is 22.0 Å². The van der Waals surface area contributed by atoms with Crippen LogP contribution in [0.1, 0.15) is 15.9 Å². The minimum Gasteiger partial charge on any atom is -0.504 e. The number of benzene rings is 2. The van der Waals surface area contributed by atoms with E-state index in [0.717, 1.165) is 11.6 Å². The van der Waals surface area contributed by atoms with Crippen LogP contribution in [0.15, 0.2) is 54.6 Å². The summed E-state index contributed by atoms with van der Waals surface area (Å²) in [6.45, 7) is 0. The Labute approximate surface area is 126 Å². The highest BCUT2D eigenvalue weighted by molar-refractivity contribution is 5.98. The fourth-order valence-corrected chi connectivity index (χ4v) is 1.63. The first kappa shape index (κ1) is 15.1. The van der Waals surface area contributed by atoms with Gasteiger partial charge in [-0.3, -0.25) is 20.4 Å². The second-order valence-corrected chi connectivity index (χ2v) is 4.39. The van der Waals surface area contributed by atoms with Gasteiger partial charge in [0.1, 0.15) is 0 Å². The molecule has 0 atom stereocenters. The Bertz CT molecular complexity index is 711. The number of hydrogen-bond acceptors (Lipinski definition) is 4. The van der Waals surface area contributed by atoms with Gasteiger partial charge in [-0.15, -0.1) is 0 Å². The lowest BCUT2D eigenvalue weighted by atomic mass is 10.2. The van der Waals surface area contributed by atoms with Gasteiger partial charge in [-0.2, -0.15) is 0 Å². The molecule has 112 valence electrons. The Kier molecular flexibility index (Phi) is 4.77. The van der Waals surface area contributed by atoms with Gasteiger partial charge in [-0.1, -0.05) is 30.3 Å². The summed E-state index contributed by atoms with van der Waals surface area (Å²) < 4.78 is 0. The van der Waals surface area contributed by atoms with Crippen molar-refractivity contribution in [1.82, 2.24) is 10.9 Å². The lowest BCUT2D eigenvalue weighted by Crippen LogP contribution is -2.40. The first-order valence-corrected chi connectivity index (χ1v) is 6.41. The summed E-state index contributed by atoms with van der Waals surface area (Å²) >= 11 is 0. The minimum absolute atomic E-state index is 0.0997. The molecule has 0 unspecified atom stereocenters. The molecule has 0 radical (unpaired) electrons. The number of carbonyl (C=O) groups is 2. The highest BCUT2D eigenvalue weighted by atomic mass is 16.3. The number of hydrogen-bond donors (Lipinski definition) is 4. The molecule has 0 saturated carbocycles. The molecule has 2 rings (SSSR count). The third-order valence-electron chi connectivity index (χ3n) is 2.76. The highest BCUT2D eigenvalue weighted by Gasteiger charge is 2.08. The molecule has 0 aliphatic rings. The van der Waals surface area contributed by atoms with Crippen LogP contribution in [0.5, 0.6) is 11.5 Å². The van der Waals surface area contributed by atoms with Crippen LogP contribution in [0.3, 0.4) is 0 Å². The zero-order valence-corrected chi connectivity index (χ0v) is 11.5. The molecule has 2 aromatic rings. The zero-order valence-electron chi connectivity index (χ0n) is 11.5. The van der Waals surface area contributed by atoms with E-state index in [1.165, 1.54) is 18.2 Å². The van der Waals surface area contributed by atoms with Gasteiger partial charge < -0.3 is 10.2 Å². The van der Waals surface area contributed by atoms with Crippen LogP contribution in [0.2, 0.25) is 0 Å². The van der Waals surface area contributed by atoms with Gasteiger partial charge in [0.05, 0.1) is 0 Å². The first-order valence-electron chi connectivity index (χ1n) is 6.41. The van der Waals surface area contributed by atoms with E-state index in [-0.39, 0.29) is 11.3 Å². The molecule has 6 nitrogen and oxygen atoms in total. The predicted octanol–water partition coefficient (Wildman–Crippen LogP) is 1.57. The maximum absolute atomic E-state index is 11.7. The fraction of sp³-hybridized carbons (Fsp3) is 0. The maximum atomic E-state index is 11.7. The van der Waals surface area contributed by atoms with Crippen molar-refractivity contribution < 1.29 is 19.8 Å². The number of phenolic OH excluding ortho intramolecular Hbond substituents is 2. The van der Waals surface area contributed by atoms with Gasteiger partial charge in [0, 0.05) is 11.6 Å². The predicted molar refractivity (Wildman–Crippen MR) is 80.9 cm³/mol. The molecule has 0 saturated heterocycles. The molecule has 0 aliphatic carbocycles. The van der Waals surface area contributed by atoms with E-state index >= 15 is 0 Å². The van der Waals surface area contributed by atoms with E-state index in [1.54, 1.807) is 6.08 Å². The van der Waals surface area contributed by atoms with Crippen molar-refractivity contribution in [3.63, 3.8) is 0 Å². The standard InChI is InChI=1S/C16H14N2O4/c19-13-8-7-12(10-14(13)20)16(22)18-17-15(21)9-6-11-4-2-1-3-5-11/h1-10,19-20H,(H,17,21)(H,18,22)/b9-6+. The smallest absolute Gasteiger partial charge is 0.269 e. The Balaban J connectivity index is 1.89. The Morgan fingerprint density at radius 1 is 0.909 bits per heavy atom. The Morgan fingerprint density at radius 2 is 1.64 bits per heavy atom. The normalized spacial score (nSPS) is 10.4. The van der Waals surface area contributed by atoms with Crippen LogP contribution in [0.4, 0.5) is 0 Å². The summed E-state index contributed by atoms with van der Waals surface area (Å²) in [7, 11) is 0. The third-order valence-corrected chi connectivity index (χ3v) is 2.76. The zero-order chi connectivity index (χ0) is 15.9. The lowest BCUT2D eigenvalue weighted by molar-refractivity contribution is -0.117. The summed E-state index contributed by atoms with van der Waals surface area (Å²) in [5, 5.41) is 18.5. The van der Waals surface area contributed by atoms with Gasteiger partial charge in [0.2, 0.25) is 0 Å². The second-order valence-electron chi connectivity index (χ2n) is 4.39. The van der Waals surface area contributed by atoms with E-state index in [9.17, 15) is 14.7 Å². The second kappa shape index (κ2) is 6.94. The number of rotatable bonds is 3. The topological polar surface area (TPSA) is 98.7 Å². The molecule has 2 aromatic carbocycles. The van der Waals surface area contributed by atoms with E-state index in [1.807, 2.05) is 30.3 Å². The quantitative estimate of drug-likeness (QED) is 0.393. The minimum atomic E-state index is -0.614. The molecule has 22 heavy (non-hydrogen) atoms. The van der Waals surface area contributed by atoms with Crippen molar-refractivity contribution >= 4 is 17.9 Å². The van der Waals surface area contributed by atoms with Crippen LogP contribution >= 0.6 is 0 Å². The number of hydrazine groups is 1. The van der Waals surface area contributed by atoms with Gasteiger partial charge in [-0.05, 0) is 29.8 Å². The monoisotopic (exact) mass is 298 g/mol. The molecule has 0 aliphatic heterocycles. The summed E-state index contributed by atoms with van der Waals surface area (Å²) in [6, 6.07) is 12.8. The number of nitrogens with one attached hydrogen (secondary N) is 2. The average molecular weight is 298 g/mol. The van der Waals surface area contributed by atoms with Crippen molar-refractivity contribution in [2.24, 2.45) is 0 Å². The molecule has 2 amide bonds. The SMILES string of the molecule is O=C(/C=C/c1ccccc1)NNC(=O)c1ccc(O)c(O)c1. The first-order chi connectivity index (χ1) is 10.6. The van der Waals surface area contributed by atoms with E-state index in [0.29, 0.717) is 0 Å². The van der Waals surface area contributed by atoms with Gasteiger partial charge in [-0.25, -0.2) is 0 Å². The number of aromatic hydroxyl groups is 2. The molecular formula is C16H14N2O4. The van der Waals surface area contributed by atoms with Gasteiger partial charge >= 0.3 is 0 Å². The molecule has 6 heteroatoms. The van der Waals surface area contributed by atoms with Crippen molar-refractivity contribution in [2.75, 3.05) is 0 Å². The molecule has 0 fully saturated rings. The molecule has 0 spiro atoms. The van der Waals surface area contributed by atoms with Crippen molar-refractivity contribution in [1.29, 1.82) is 0 Å². The summed E-state index contributed by atoms with van der Waals surface area (Å²) in [5.74, 6) is -1.86. The van der Waals surface area contributed by atoms with Crippen molar-refractivity contribution in [2.45, 2.75) is 0 Å². The van der Waals surface area contributed by atoms with E-state index < -0.39 is 17.6 Å².